The SMILES string of the molecule is CCCCOc1ccc2nc3cc(Cl)ccc3c(N(CCN)CC(C)Cl)c2n1. The number of unbranched alkanes of at least 4 members (excludes halogenated alkanes) is 1. The first-order chi connectivity index (χ1) is 13.5. The van der Waals surface area contributed by atoms with Crippen molar-refractivity contribution in [2.45, 2.75) is 32.1 Å². The molecule has 28 heavy (non-hydrogen) atoms. The minimum atomic E-state index is -0.0406. The summed E-state index contributed by atoms with van der Waals surface area (Å²) in [4.78, 5) is 11.7. The lowest BCUT2D eigenvalue weighted by Crippen LogP contribution is -2.34. The van der Waals surface area contributed by atoms with Crippen molar-refractivity contribution in [3.05, 3.63) is 35.4 Å². The molecule has 5 nitrogen and oxygen atoms in total. The van der Waals surface area contributed by atoms with Crippen LogP contribution in [0.15, 0.2) is 30.3 Å². The number of hydrogen-bond donors (Lipinski definition) is 1. The largest absolute Gasteiger partial charge is 0.478 e. The molecule has 0 aliphatic rings. The van der Waals surface area contributed by atoms with E-state index in [0.29, 0.717) is 37.1 Å². The van der Waals surface area contributed by atoms with E-state index in [-0.39, 0.29) is 5.38 Å². The average molecular weight is 421 g/mol. The van der Waals surface area contributed by atoms with Crippen LogP contribution >= 0.6 is 23.2 Å². The maximum Gasteiger partial charge on any atom is 0.213 e. The molecule has 0 saturated carbocycles. The van der Waals surface area contributed by atoms with E-state index in [0.717, 1.165) is 40.5 Å². The van der Waals surface area contributed by atoms with Gasteiger partial charge in [0.2, 0.25) is 5.88 Å². The van der Waals surface area contributed by atoms with Gasteiger partial charge in [0.1, 0.15) is 5.52 Å². The molecule has 7 heteroatoms. The fourth-order valence-electron chi connectivity index (χ4n) is 3.23. The van der Waals surface area contributed by atoms with Crippen LogP contribution in [0.4, 0.5) is 5.69 Å². The van der Waals surface area contributed by atoms with Crippen molar-refractivity contribution in [2.24, 2.45) is 5.73 Å². The van der Waals surface area contributed by atoms with Crippen LogP contribution in [0, 0.1) is 0 Å². The summed E-state index contributed by atoms with van der Waals surface area (Å²) in [6.45, 7) is 6.57. The van der Waals surface area contributed by atoms with Crippen molar-refractivity contribution in [1.29, 1.82) is 0 Å². The molecule has 0 fully saturated rings. The highest BCUT2D eigenvalue weighted by Crippen LogP contribution is 2.35. The van der Waals surface area contributed by atoms with Gasteiger partial charge in [-0.25, -0.2) is 9.97 Å². The van der Waals surface area contributed by atoms with Crippen LogP contribution in [0.3, 0.4) is 0 Å². The lowest BCUT2D eigenvalue weighted by atomic mass is 10.1. The highest BCUT2D eigenvalue weighted by atomic mass is 35.5. The third-order valence-electron chi connectivity index (χ3n) is 4.46. The van der Waals surface area contributed by atoms with E-state index in [1.165, 1.54) is 0 Å². The zero-order valence-electron chi connectivity index (χ0n) is 16.3. The maximum absolute atomic E-state index is 6.34. The van der Waals surface area contributed by atoms with Crippen LogP contribution in [0.5, 0.6) is 5.88 Å². The van der Waals surface area contributed by atoms with Gasteiger partial charge in [-0.2, -0.15) is 0 Å². The van der Waals surface area contributed by atoms with E-state index in [1.807, 2.05) is 37.3 Å². The van der Waals surface area contributed by atoms with Crippen molar-refractivity contribution in [3.8, 4) is 5.88 Å². The van der Waals surface area contributed by atoms with Gasteiger partial charge in [-0.15, -0.1) is 11.6 Å². The van der Waals surface area contributed by atoms with E-state index in [2.05, 4.69) is 11.8 Å². The van der Waals surface area contributed by atoms with Gasteiger partial charge in [0, 0.05) is 41.5 Å². The highest BCUT2D eigenvalue weighted by molar-refractivity contribution is 6.31. The normalized spacial score (nSPS) is 12.5. The van der Waals surface area contributed by atoms with Gasteiger partial charge in [0.25, 0.3) is 0 Å². The predicted molar refractivity (Wildman–Crippen MR) is 119 cm³/mol. The molecule has 1 aromatic carbocycles. The van der Waals surface area contributed by atoms with Crippen LogP contribution in [0.1, 0.15) is 26.7 Å². The topological polar surface area (TPSA) is 64.3 Å². The van der Waals surface area contributed by atoms with Crippen LogP contribution < -0.4 is 15.4 Å². The Morgan fingerprint density at radius 1 is 1.18 bits per heavy atom. The van der Waals surface area contributed by atoms with E-state index in [1.54, 1.807) is 0 Å². The number of nitrogens with zero attached hydrogens (tertiary/aromatic N) is 3. The van der Waals surface area contributed by atoms with Crippen LogP contribution in [0.2, 0.25) is 5.02 Å². The number of benzene rings is 1. The molecule has 0 aliphatic heterocycles. The Morgan fingerprint density at radius 3 is 2.71 bits per heavy atom. The summed E-state index contributed by atoms with van der Waals surface area (Å²) >= 11 is 12.6. The van der Waals surface area contributed by atoms with E-state index in [9.17, 15) is 0 Å². The van der Waals surface area contributed by atoms with Gasteiger partial charge in [0.05, 0.1) is 23.3 Å². The molecule has 150 valence electrons. The van der Waals surface area contributed by atoms with Gasteiger partial charge in [-0.1, -0.05) is 24.9 Å². The van der Waals surface area contributed by atoms with Crippen molar-refractivity contribution in [1.82, 2.24) is 9.97 Å². The Labute approximate surface area is 175 Å². The first kappa shape index (κ1) is 20.9. The molecular formula is C21H26Cl2N4O. The molecule has 2 aromatic heterocycles. The molecule has 0 aliphatic carbocycles. The summed E-state index contributed by atoms with van der Waals surface area (Å²) in [7, 11) is 0. The monoisotopic (exact) mass is 420 g/mol. The number of ether oxygens (including phenoxy) is 1. The fraction of sp³-hybridized carbons (Fsp3) is 0.429. The van der Waals surface area contributed by atoms with Crippen molar-refractivity contribution in [2.75, 3.05) is 31.1 Å². The molecule has 2 heterocycles. The molecule has 0 spiro atoms. The quantitative estimate of drug-likeness (QED) is 0.299. The minimum absolute atomic E-state index is 0.0406. The van der Waals surface area contributed by atoms with Crippen molar-refractivity contribution in [3.63, 3.8) is 0 Å². The Morgan fingerprint density at radius 2 is 2.00 bits per heavy atom. The number of pyridine rings is 2. The van der Waals surface area contributed by atoms with Crippen molar-refractivity contribution < 1.29 is 4.74 Å². The Balaban J connectivity index is 2.21. The summed E-state index contributed by atoms with van der Waals surface area (Å²) in [6, 6.07) is 9.53. The highest BCUT2D eigenvalue weighted by Gasteiger charge is 2.19. The zero-order valence-corrected chi connectivity index (χ0v) is 17.8. The standard InChI is InChI=1S/C21H26Cl2N4O/c1-3-4-11-28-19-8-7-17-20(26-19)21(27(10-9-24)13-14(2)22)16-6-5-15(23)12-18(16)25-17/h5-8,12,14H,3-4,9-11,13,24H2,1-2H3. The van der Waals surface area contributed by atoms with E-state index in [4.69, 9.17) is 43.6 Å². The third-order valence-corrected chi connectivity index (χ3v) is 4.84. The van der Waals surface area contributed by atoms with Gasteiger partial charge in [0.15, 0.2) is 0 Å². The van der Waals surface area contributed by atoms with Crippen molar-refractivity contribution >= 4 is 50.8 Å². The second-order valence-corrected chi connectivity index (χ2v) is 8.04. The number of aromatic nitrogens is 2. The Kier molecular flexibility index (Phi) is 7.16. The van der Waals surface area contributed by atoms with Gasteiger partial charge >= 0.3 is 0 Å². The number of halogens is 2. The molecule has 2 N–H and O–H groups in total. The van der Waals surface area contributed by atoms with Gasteiger partial charge in [-0.05, 0) is 37.6 Å². The predicted octanol–water partition coefficient (Wildman–Crippen LogP) is 5.01. The Hall–Kier alpha value is -1.82. The average Bonchev–Trinajstić information content (AvgIpc) is 2.65. The second kappa shape index (κ2) is 9.59. The number of anilines is 1. The number of alkyl halides is 1. The number of fused-ring (bicyclic) bond motifs is 2. The number of hydrogen-bond acceptors (Lipinski definition) is 5. The van der Waals surface area contributed by atoms with Gasteiger partial charge in [-0.3, -0.25) is 0 Å². The summed E-state index contributed by atoms with van der Waals surface area (Å²) in [5.74, 6) is 0.601. The first-order valence-corrected chi connectivity index (χ1v) is 10.5. The second-order valence-electron chi connectivity index (χ2n) is 6.86. The van der Waals surface area contributed by atoms with E-state index < -0.39 is 0 Å². The number of rotatable bonds is 9. The van der Waals surface area contributed by atoms with Crippen LogP contribution in [-0.2, 0) is 0 Å². The molecule has 1 atom stereocenters. The summed E-state index contributed by atoms with van der Waals surface area (Å²) in [5.41, 5.74) is 9.26. The van der Waals surface area contributed by atoms with E-state index >= 15 is 0 Å². The lowest BCUT2D eigenvalue weighted by Gasteiger charge is -2.27. The number of nitrogens with two attached hydrogens (primary N) is 1. The van der Waals surface area contributed by atoms with Gasteiger partial charge < -0.3 is 15.4 Å². The van der Waals surface area contributed by atoms with Crippen LogP contribution in [-0.4, -0.2) is 41.6 Å². The zero-order chi connectivity index (χ0) is 20.1. The minimum Gasteiger partial charge on any atom is -0.478 e. The first-order valence-electron chi connectivity index (χ1n) is 9.65. The lowest BCUT2D eigenvalue weighted by molar-refractivity contribution is 0.299. The fourth-order valence-corrected chi connectivity index (χ4v) is 3.56. The smallest absolute Gasteiger partial charge is 0.213 e. The molecule has 1 unspecified atom stereocenters. The molecule has 0 radical (unpaired) electrons. The molecule has 3 aromatic rings. The molecule has 0 amide bonds. The summed E-state index contributed by atoms with van der Waals surface area (Å²) < 4.78 is 5.83. The third kappa shape index (κ3) is 4.77. The molecular weight excluding hydrogens is 395 g/mol. The summed E-state index contributed by atoms with van der Waals surface area (Å²) in [6.07, 6.45) is 2.06. The Bertz CT molecular complexity index is 948. The molecule has 3 rings (SSSR count). The molecule has 0 bridgehead atoms. The maximum atomic E-state index is 6.34. The summed E-state index contributed by atoms with van der Waals surface area (Å²) in [5, 5.41) is 1.58. The van der Waals surface area contributed by atoms with Crippen LogP contribution in [0.25, 0.3) is 21.9 Å². The molecule has 0 saturated heterocycles.